The largest absolute Gasteiger partial charge is 0.0636 e. The lowest BCUT2D eigenvalue weighted by atomic mass is 9.83. The average Bonchev–Trinajstić information content (AvgIpc) is 3.29. The smallest absolute Gasteiger partial charge is 0.0616 e. The van der Waals surface area contributed by atoms with Crippen LogP contribution in [-0.2, 0) is 0 Å². The molecule has 9 aromatic rings. The lowest BCUT2D eigenvalue weighted by Crippen LogP contribution is -1.92. The second-order valence-corrected chi connectivity index (χ2v) is 10.0. The highest BCUT2D eigenvalue weighted by Gasteiger charge is 2.19. The van der Waals surface area contributed by atoms with E-state index in [1.807, 2.05) is 0 Å². The fraction of sp³-hybridized carbons (Fsp3) is 0. The van der Waals surface area contributed by atoms with Crippen LogP contribution in [0.3, 0.4) is 0 Å². The van der Waals surface area contributed by atoms with Crippen molar-refractivity contribution in [3.63, 3.8) is 0 Å². The van der Waals surface area contributed by atoms with Crippen LogP contribution < -0.4 is 0 Å². The van der Waals surface area contributed by atoms with Gasteiger partial charge in [0.25, 0.3) is 0 Å². The van der Waals surface area contributed by atoms with E-state index in [-0.39, 0.29) is 21.9 Å². The Morgan fingerprint density at radius 1 is 0.318 bits per heavy atom. The van der Waals surface area contributed by atoms with Gasteiger partial charge in [-0.15, -0.1) is 0 Å². The summed E-state index contributed by atoms with van der Waals surface area (Å²) in [6, 6.07) is -4.38. The van der Waals surface area contributed by atoms with Crippen LogP contribution in [0.5, 0.6) is 0 Å². The minimum absolute atomic E-state index is 0.0843. The van der Waals surface area contributed by atoms with Gasteiger partial charge in [0.05, 0.1) is 28.8 Å². The highest BCUT2D eigenvalue weighted by molar-refractivity contribution is 6.24. The summed E-state index contributed by atoms with van der Waals surface area (Å²) in [6.45, 7) is 0. The zero-order valence-electron chi connectivity index (χ0n) is 43.5. The Balaban J connectivity index is 1.66. The minimum Gasteiger partial charge on any atom is -0.0616 e. The van der Waals surface area contributed by atoms with Crippen molar-refractivity contribution in [2.45, 2.75) is 0 Å². The Kier molecular flexibility index (Phi) is 2.65. The summed E-state index contributed by atoms with van der Waals surface area (Å²) in [5.41, 5.74) is -2.35. The molecule has 0 unspecified atom stereocenters. The molecule has 0 nitrogen and oxygen atoms in total. The predicted molar refractivity (Wildman–Crippen MR) is 190 cm³/mol. The summed E-state index contributed by atoms with van der Waals surface area (Å²) < 4.78 is 190. The molecular weight excluding hydrogens is 528 g/mol. The average molecular weight is 578 g/mol. The normalized spacial score (nSPS) is 18.3. The van der Waals surface area contributed by atoms with Gasteiger partial charge < -0.3 is 0 Å². The third kappa shape index (κ3) is 3.92. The van der Waals surface area contributed by atoms with Gasteiger partial charge in [0, 0.05) is 0 Å². The SMILES string of the molecule is [2H]c1c([2H])c([2H])c2c([2H])c(-c3c([2H])c([2H])c4c(-c5cccc6ccccc56)c5c([2H])c([2H])c([2H])c([2H])c5c(-c5c([2H])c([2H])c6c([2H])c([2H])c([2H])c([2H])c6c5[2H])c4c3[2H])c([2H])c([2H])c2c1[2H]. The topological polar surface area (TPSA) is 0 Å². The van der Waals surface area contributed by atoms with E-state index in [1.165, 1.54) is 0 Å². The summed E-state index contributed by atoms with van der Waals surface area (Å²) in [7, 11) is 0. The molecule has 0 N–H and O–H groups in total. The van der Waals surface area contributed by atoms with Gasteiger partial charge >= 0.3 is 0 Å². The van der Waals surface area contributed by atoms with Gasteiger partial charge in [-0.1, -0.05) is 151 Å². The Morgan fingerprint density at radius 3 is 1.64 bits per heavy atom. The van der Waals surface area contributed by atoms with Crippen LogP contribution in [0.2, 0.25) is 0 Å². The third-order valence-electron chi connectivity index (χ3n) is 7.56. The van der Waals surface area contributed by atoms with Crippen LogP contribution in [0, 0.1) is 0 Å². The van der Waals surface area contributed by atoms with Gasteiger partial charge in [0.15, 0.2) is 0 Å². The highest BCUT2D eigenvalue weighted by atomic mass is 14.2. The van der Waals surface area contributed by atoms with Crippen molar-refractivity contribution in [2.75, 3.05) is 0 Å². The molecule has 0 heteroatoms. The van der Waals surface area contributed by atoms with Crippen molar-refractivity contribution in [1.82, 2.24) is 0 Å². The molecule has 0 atom stereocenters. The molecule has 0 bridgehead atoms. The van der Waals surface area contributed by atoms with Crippen LogP contribution in [-0.4, -0.2) is 0 Å². The number of fused-ring (bicyclic) bond motifs is 5. The summed E-state index contributed by atoms with van der Waals surface area (Å²) in [5, 5.41) is -2.43. The molecule has 0 saturated carbocycles. The fourth-order valence-electron chi connectivity index (χ4n) is 5.62. The maximum Gasteiger partial charge on any atom is 0.0636 e. The molecular formula is C44H28. The van der Waals surface area contributed by atoms with Crippen molar-refractivity contribution in [3.05, 3.63) is 169 Å². The van der Waals surface area contributed by atoms with Crippen LogP contribution in [0.15, 0.2) is 169 Å². The monoisotopic (exact) mass is 577 g/mol. The Bertz CT molecular complexity index is 3720. The van der Waals surface area contributed by atoms with E-state index in [0.717, 1.165) is 0 Å². The van der Waals surface area contributed by atoms with Crippen molar-refractivity contribution in [2.24, 2.45) is 0 Å². The maximum atomic E-state index is 10.1. The second-order valence-electron chi connectivity index (χ2n) is 10.0. The minimum atomic E-state index is -0.861. The highest BCUT2D eigenvalue weighted by Crippen LogP contribution is 2.46. The molecule has 44 heavy (non-hydrogen) atoms. The fourth-order valence-corrected chi connectivity index (χ4v) is 5.62. The van der Waals surface area contributed by atoms with E-state index in [1.54, 1.807) is 42.5 Å². The number of benzene rings is 9. The Labute approximate surface area is 286 Å². The lowest BCUT2D eigenvalue weighted by Gasteiger charge is -2.20. The zero-order chi connectivity index (χ0) is 47.3. The van der Waals surface area contributed by atoms with E-state index < -0.39 is 181 Å². The van der Waals surface area contributed by atoms with Gasteiger partial charge in [0.1, 0.15) is 0 Å². The first-order valence-corrected chi connectivity index (χ1v) is 13.6. The second kappa shape index (κ2) is 9.93. The van der Waals surface area contributed by atoms with Crippen molar-refractivity contribution in [3.8, 4) is 33.4 Å². The van der Waals surface area contributed by atoms with E-state index in [0.29, 0.717) is 10.8 Å². The van der Waals surface area contributed by atoms with E-state index >= 15 is 0 Å². The van der Waals surface area contributed by atoms with Crippen molar-refractivity contribution < 1.29 is 28.8 Å². The third-order valence-corrected chi connectivity index (χ3v) is 7.56. The summed E-state index contributed by atoms with van der Waals surface area (Å²) in [6.07, 6.45) is 0. The van der Waals surface area contributed by atoms with Gasteiger partial charge in [-0.3, -0.25) is 0 Å². The van der Waals surface area contributed by atoms with Crippen LogP contribution in [0.25, 0.3) is 87.2 Å². The van der Waals surface area contributed by atoms with Crippen LogP contribution in [0.4, 0.5) is 0 Å². The molecule has 0 amide bonds. The van der Waals surface area contributed by atoms with Crippen LogP contribution in [0.1, 0.15) is 28.8 Å². The molecule has 204 valence electrons. The van der Waals surface area contributed by atoms with Crippen LogP contribution >= 0.6 is 0 Å². The molecule has 9 aromatic carbocycles. The number of rotatable bonds is 3. The number of hydrogen-bond donors (Lipinski definition) is 0. The summed E-state index contributed by atoms with van der Waals surface area (Å²) in [5.74, 6) is 0. The first kappa shape index (κ1) is 11.8. The standard InChI is InChI=1S/C44H28/c1-3-13-32-26-34(22-20-29(32)10-1)35-24-25-41-42(28-35)43(36-23-21-30-11-2-4-14-33(30)27-36)39-17-7-8-18-40(39)44(41)38-19-9-15-31-12-5-6-16-37(31)38/h1-28H/i1D,2D,3D,4D,7D,8D,10D,11D,13D,14D,17D,18D,20D,21D,22D,23D,24D,25D,26D,27D,28D. The van der Waals surface area contributed by atoms with E-state index in [4.69, 9.17) is 16.4 Å². The molecule has 0 aromatic heterocycles. The predicted octanol–water partition coefficient (Wildman–Crippen LogP) is 12.5. The first-order chi connectivity index (χ1) is 30.6. The van der Waals surface area contributed by atoms with Gasteiger partial charge in [-0.05, 0) is 105 Å². The molecule has 0 aliphatic rings. The van der Waals surface area contributed by atoms with E-state index in [9.17, 15) is 12.3 Å². The molecule has 0 saturated heterocycles. The quantitative estimate of drug-likeness (QED) is 0.183. The Morgan fingerprint density at radius 2 is 0.864 bits per heavy atom. The molecule has 0 spiro atoms. The molecule has 0 heterocycles. The molecule has 0 aliphatic heterocycles. The summed E-state index contributed by atoms with van der Waals surface area (Å²) >= 11 is 0. The first-order valence-electron chi connectivity index (χ1n) is 24.1. The maximum absolute atomic E-state index is 10.1. The van der Waals surface area contributed by atoms with Gasteiger partial charge in [0.2, 0.25) is 0 Å². The number of hydrogen-bond acceptors (Lipinski definition) is 0. The van der Waals surface area contributed by atoms with Crippen molar-refractivity contribution >= 4 is 53.9 Å². The van der Waals surface area contributed by atoms with Gasteiger partial charge in [-0.2, -0.15) is 0 Å². The molecule has 0 radical (unpaired) electrons. The molecule has 0 fully saturated rings. The summed E-state index contributed by atoms with van der Waals surface area (Å²) in [4.78, 5) is 0. The lowest BCUT2D eigenvalue weighted by molar-refractivity contribution is 1.66. The Hall–Kier alpha value is -5.72. The molecule has 9 rings (SSSR count). The van der Waals surface area contributed by atoms with Gasteiger partial charge in [-0.25, -0.2) is 0 Å². The van der Waals surface area contributed by atoms with E-state index in [2.05, 4.69) is 0 Å². The van der Waals surface area contributed by atoms with Crippen molar-refractivity contribution in [1.29, 1.82) is 0 Å². The zero-order valence-corrected chi connectivity index (χ0v) is 22.5. The molecule has 0 aliphatic carbocycles.